The summed E-state index contributed by atoms with van der Waals surface area (Å²) in [6, 6.07) is 16.3. The third-order valence-corrected chi connectivity index (χ3v) is 4.90. The van der Waals surface area contributed by atoms with Crippen LogP contribution in [0.1, 0.15) is 26.3 Å². The van der Waals surface area contributed by atoms with Gasteiger partial charge in [0.15, 0.2) is 17.3 Å². The summed E-state index contributed by atoms with van der Waals surface area (Å²) in [5.41, 5.74) is 1.36. The molecule has 4 rings (SSSR count). The maximum Gasteiger partial charge on any atom is 0.343 e. The van der Waals surface area contributed by atoms with Crippen LogP contribution < -0.4 is 18.9 Å². The zero-order chi connectivity index (χ0) is 22.0. The molecule has 0 aromatic heterocycles. The van der Waals surface area contributed by atoms with E-state index in [0.29, 0.717) is 39.0 Å². The van der Waals surface area contributed by atoms with E-state index in [1.807, 2.05) is 0 Å². The summed E-state index contributed by atoms with van der Waals surface area (Å²) in [4.78, 5) is 25.1. The second-order valence-corrected chi connectivity index (χ2v) is 7.01. The number of ketones is 1. The molecule has 7 heteroatoms. The summed E-state index contributed by atoms with van der Waals surface area (Å²) >= 11 is 5.84. The number of carbonyl (C=O) groups is 2. The molecule has 1 aliphatic heterocycles. The van der Waals surface area contributed by atoms with Gasteiger partial charge in [-0.25, -0.2) is 4.79 Å². The van der Waals surface area contributed by atoms with Crippen LogP contribution in [0.3, 0.4) is 0 Å². The molecule has 1 heterocycles. The van der Waals surface area contributed by atoms with Crippen LogP contribution in [0.25, 0.3) is 6.08 Å². The Morgan fingerprint density at radius 1 is 1.00 bits per heavy atom. The minimum Gasteiger partial charge on any atom is -0.493 e. The molecule has 0 bridgehead atoms. The highest BCUT2D eigenvalue weighted by atomic mass is 35.5. The van der Waals surface area contributed by atoms with Crippen molar-refractivity contribution in [3.05, 3.63) is 88.1 Å². The molecule has 3 aromatic carbocycles. The molecule has 0 saturated carbocycles. The maximum absolute atomic E-state index is 12.8. The molecule has 0 amide bonds. The number of Topliss-reactive ketones (excluding diaryl/α,β-unsaturated/α-hetero) is 1. The maximum atomic E-state index is 12.8. The number of ether oxygens (including phenoxy) is 4. The molecule has 0 fully saturated rings. The smallest absolute Gasteiger partial charge is 0.343 e. The summed E-state index contributed by atoms with van der Waals surface area (Å²) in [5.74, 6) is 0.890. The Hall–Kier alpha value is -3.77. The third-order valence-electron chi connectivity index (χ3n) is 4.65. The molecule has 1 aliphatic rings. The van der Waals surface area contributed by atoms with Crippen LogP contribution in [-0.4, -0.2) is 26.0 Å². The van der Waals surface area contributed by atoms with Gasteiger partial charge in [-0.05, 0) is 48.5 Å². The molecule has 0 radical (unpaired) electrons. The van der Waals surface area contributed by atoms with Crippen molar-refractivity contribution in [2.75, 3.05) is 14.2 Å². The van der Waals surface area contributed by atoms with Crippen molar-refractivity contribution in [3.8, 4) is 23.0 Å². The van der Waals surface area contributed by atoms with Crippen LogP contribution >= 0.6 is 11.6 Å². The quantitative estimate of drug-likeness (QED) is 0.311. The fourth-order valence-electron chi connectivity index (χ4n) is 3.15. The fraction of sp³-hybridized carbons (Fsp3) is 0.0833. The normalized spacial score (nSPS) is 13.5. The number of allylic oxidation sites excluding steroid dienone is 1. The number of para-hydroxylation sites is 1. The number of hydrogen-bond donors (Lipinski definition) is 0. The van der Waals surface area contributed by atoms with E-state index in [1.165, 1.54) is 20.3 Å². The lowest BCUT2D eigenvalue weighted by molar-refractivity contribution is 0.0734. The highest BCUT2D eigenvalue weighted by Crippen LogP contribution is 2.37. The van der Waals surface area contributed by atoms with Gasteiger partial charge in [0.2, 0.25) is 5.78 Å². The number of methoxy groups -OCH3 is 2. The minimum absolute atomic E-state index is 0.128. The lowest BCUT2D eigenvalue weighted by atomic mass is 10.1. The van der Waals surface area contributed by atoms with Gasteiger partial charge in [-0.15, -0.1) is 0 Å². The van der Waals surface area contributed by atoms with Gasteiger partial charge in [-0.3, -0.25) is 4.79 Å². The molecule has 156 valence electrons. The number of fused-ring (bicyclic) bond motifs is 1. The number of carbonyl (C=O) groups excluding carboxylic acids is 2. The Morgan fingerprint density at radius 2 is 1.77 bits per heavy atom. The predicted molar refractivity (Wildman–Crippen MR) is 115 cm³/mol. The summed E-state index contributed by atoms with van der Waals surface area (Å²) < 4.78 is 21.8. The minimum atomic E-state index is -0.544. The number of hydrogen-bond acceptors (Lipinski definition) is 6. The van der Waals surface area contributed by atoms with Crippen LogP contribution in [0.4, 0.5) is 0 Å². The van der Waals surface area contributed by atoms with E-state index < -0.39 is 5.97 Å². The molecule has 0 spiro atoms. The Morgan fingerprint density at radius 3 is 2.48 bits per heavy atom. The van der Waals surface area contributed by atoms with E-state index in [2.05, 4.69) is 0 Å². The van der Waals surface area contributed by atoms with E-state index >= 15 is 0 Å². The van der Waals surface area contributed by atoms with Crippen molar-refractivity contribution in [1.82, 2.24) is 0 Å². The zero-order valence-corrected chi connectivity index (χ0v) is 17.4. The lowest BCUT2D eigenvalue weighted by Gasteiger charge is -2.10. The Bertz CT molecular complexity index is 1200. The molecule has 0 aliphatic carbocycles. The number of halogens is 1. The fourth-order valence-corrected chi connectivity index (χ4v) is 3.28. The molecule has 0 atom stereocenters. The molecular formula is C24H17ClO6. The van der Waals surface area contributed by atoms with Gasteiger partial charge in [-0.1, -0.05) is 23.7 Å². The van der Waals surface area contributed by atoms with Crippen LogP contribution in [-0.2, 0) is 0 Å². The molecule has 6 nitrogen and oxygen atoms in total. The van der Waals surface area contributed by atoms with Crippen LogP contribution in [0.5, 0.6) is 23.0 Å². The standard InChI is InChI=1S/C24H17ClO6/c1-28-19-5-3-4-15(23(19)29-2)12-21-22(26)18-11-10-17(13-20(18)31-21)30-24(27)14-6-8-16(25)9-7-14/h3-13H,1-2H3/b21-12+. The number of esters is 1. The van der Waals surface area contributed by atoms with E-state index in [0.717, 1.165) is 0 Å². The van der Waals surface area contributed by atoms with Gasteiger partial charge in [0.25, 0.3) is 0 Å². The summed E-state index contributed by atoms with van der Waals surface area (Å²) in [7, 11) is 3.06. The summed E-state index contributed by atoms with van der Waals surface area (Å²) in [5, 5.41) is 0.521. The van der Waals surface area contributed by atoms with Crippen molar-refractivity contribution < 1.29 is 28.5 Å². The number of benzene rings is 3. The van der Waals surface area contributed by atoms with Gasteiger partial charge in [0.05, 0.1) is 25.3 Å². The molecule has 0 N–H and O–H groups in total. The SMILES string of the molecule is COc1cccc(/C=C2/Oc3cc(OC(=O)c4ccc(Cl)cc4)ccc3C2=O)c1OC. The van der Waals surface area contributed by atoms with Crippen LogP contribution in [0.2, 0.25) is 5.02 Å². The lowest BCUT2D eigenvalue weighted by Crippen LogP contribution is -2.08. The average molecular weight is 437 g/mol. The largest absolute Gasteiger partial charge is 0.493 e. The van der Waals surface area contributed by atoms with Crippen molar-refractivity contribution in [1.29, 1.82) is 0 Å². The first-order valence-corrected chi connectivity index (χ1v) is 9.65. The van der Waals surface area contributed by atoms with E-state index in [-0.39, 0.29) is 17.3 Å². The molecule has 0 unspecified atom stereocenters. The van der Waals surface area contributed by atoms with Gasteiger partial charge < -0.3 is 18.9 Å². The first kappa shape index (κ1) is 20.5. The van der Waals surface area contributed by atoms with Crippen molar-refractivity contribution in [2.45, 2.75) is 0 Å². The third kappa shape index (κ3) is 4.11. The van der Waals surface area contributed by atoms with Gasteiger partial charge >= 0.3 is 5.97 Å². The molecular weight excluding hydrogens is 420 g/mol. The Balaban J connectivity index is 1.58. The van der Waals surface area contributed by atoms with E-state index in [9.17, 15) is 9.59 Å². The van der Waals surface area contributed by atoms with Crippen LogP contribution in [0, 0.1) is 0 Å². The zero-order valence-electron chi connectivity index (χ0n) is 16.7. The van der Waals surface area contributed by atoms with Crippen molar-refractivity contribution in [2.24, 2.45) is 0 Å². The number of rotatable bonds is 5. The second kappa shape index (κ2) is 8.53. The summed E-state index contributed by atoms with van der Waals surface area (Å²) in [6.07, 6.45) is 1.59. The highest BCUT2D eigenvalue weighted by molar-refractivity contribution is 6.30. The first-order chi connectivity index (χ1) is 15.0. The topological polar surface area (TPSA) is 71.1 Å². The van der Waals surface area contributed by atoms with Crippen molar-refractivity contribution >= 4 is 29.4 Å². The predicted octanol–water partition coefficient (Wildman–Crippen LogP) is 5.19. The van der Waals surface area contributed by atoms with Gasteiger partial charge in [0.1, 0.15) is 11.5 Å². The summed E-state index contributed by atoms with van der Waals surface area (Å²) in [6.45, 7) is 0. The second-order valence-electron chi connectivity index (χ2n) is 6.58. The van der Waals surface area contributed by atoms with Crippen LogP contribution in [0.15, 0.2) is 66.4 Å². The Kier molecular flexibility index (Phi) is 5.64. The van der Waals surface area contributed by atoms with Crippen molar-refractivity contribution in [3.63, 3.8) is 0 Å². The monoisotopic (exact) mass is 436 g/mol. The molecule has 0 saturated heterocycles. The first-order valence-electron chi connectivity index (χ1n) is 9.27. The van der Waals surface area contributed by atoms with E-state index in [4.69, 9.17) is 30.5 Å². The highest BCUT2D eigenvalue weighted by Gasteiger charge is 2.28. The van der Waals surface area contributed by atoms with Gasteiger partial charge in [-0.2, -0.15) is 0 Å². The Labute approximate surface area is 183 Å². The average Bonchev–Trinajstić information content (AvgIpc) is 3.08. The van der Waals surface area contributed by atoms with Gasteiger partial charge in [0, 0.05) is 16.7 Å². The van der Waals surface area contributed by atoms with E-state index in [1.54, 1.807) is 60.7 Å². The molecule has 31 heavy (non-hydrogen) atoms. The molecule has 3 aromatic rings.